The molecule has 1 aromatic heterocycles. The van der Waals surface area contributed by atoms with Crippen molar-refractivity contribution in [3.05, 3.63) is 60.3 Å². The third-order valence-corrected chi connectivity index (χ3v) is 3.29. The SMILES string of the molecule is COc1cccc(Nc2cnnc(Nc3ccccc3C)n2)c1. The van der Waals surface area contributed by atoms with E-state index in [1.54, 1.807) is 13.3 Å². The first-order valence-electron chi connectivity index (χ1n) is 7.18. The third-order valence-electron chi connectivity index (χ3n) is 3.29. The molecule has 2 aromatic carbocycles. The summed E-state index contributed by atoms with van der Waals surface area (Å²) in [5, 5.41) is 14.4. The molecule has 6 nitrogen and oxygen atoms in total. The standard InChI is InChI=1S/C17H17N5O/c1-12-6-3-4-9-15(12)20-17-21-16(11-18-22-17)19-13-7-5-8-14(10-13)23-2/h3-11H,1-2H3,(H2,19,20,21,22). The Bertz CT molecular complexity index is 806. The van der Waals surface area contributed by atoms with Crippen LogP contribution in [0.1, 0.15) is 5.56 Å². The average molecular weight is 307 g/mol. The van der Waals surface area contributed by atoms with E-state index in [0.29, 0.717) is 11.8 Å². The quantitative estimate of drug-likeness (QED) is 0.749. The summed E-state index contributed by atoms with van der Waals surface area (Å²) in [6.45, 7) is 2.02. The molecule has 0 aliphatic heterocycles. The summed E-state index contributed by atoms with van der Waals surface area (Å²) in [6.07, 6.45) is 1.57. The second-order valence-corrected chi connectivity index (χ2v) is 4.96. The second kappa shape index (κ2) is 6.74. The fourth-order valence-corrected chi connectivity index (χ4v) is 2.10. The van der Waals surface area contributed by atoms with E-state index in [-0.39, 0.29) is 0 Å². The number of benzene rings is 2. The van der Waals surface area contributed by atoms with E-state index in [0.717, 1.165) is 22.7 Å². The summed E-state index contributed by atoms with van der Waals surface area (Å²) in [5.74, 6) is 1.81. The molecular formula is C17H17N5O. The summed E-state index contributed by atoms with van der Waals surface area (Å²) < 4.78 is 5.21. The van der Waals surface area contributed by atoms with Crippen LogP contribution in [0.4, 0.5) is 23.1 Å². The normalized spacial score (nSPS) is 10.2. The van der Waals surface area contributed by atoms with Crippen molar-refractivity contribution in [2.24, 2.45) is 0 Å². The molecule has 0 radical (unpaired) electrons. The van der Waals surface area contributed by atoms with Gasteiger partial charge in [0.05, 0.1) is 13.3 Å². The zero-order valence-electron chi connectivity index (χ0n) is 12.9. The highest BCUT2D eigenvalue weighted by Gasteiger charge is 2.04. The van der Waals surface area contributed by atoms with Gasteiger partial charge >= 0.3 is 0 Å². The maximum absolute atomic E-state index is 5.21. The minimum absolute atomic E-state index is 0.437. The lowest BCUT2D eigenvalue weighted by molar-refractivity contribution is 0.415. The van der Waals surface area contributed by atoms with Crippen molar-refractivity contribution in [3.63, 3.8) is 0 Å². The van der Waals surface area contributed by atoms with Crippen LogP contribution in [0.5, 0.6) is 5.75 Å². The van der Waals surface area contributed by atoms with Gasteiger partial charge in [0.1, 0.15) is 5.75 Å². The van der Waals surface area contributed by atoms with Gasteiger partial charge in [0.2, 0.25) is 5.95 Å². The summed E-state index contributed by atoms with van der Waals surface area (Å²) in [4.78, 5) is 4.42. The van der Waals surface area contributed by atoms with Crippen LogP contribution in [-0.4, -0.2) is 22.3 Å². The van der Waals surface area contributed by atoms with Gasteiger partial charge in [-0.3, -0.25) is 0 Å². The number of nitrogens with zero attached hydrogens (tertiary/aromatic N) is 3. The largest absolute Gasteiger partial charge is 0.497 e. The molecule has 2 N–H and O–H groups in total. The highest BCUT2D eigenvalue weighted by molar-refractivity contribution is 5.61. The predicted octanol–water partition coefficient (Wildman–Crippen LogP) is 3.68. The first kappa shape index (κ1) is 14.8. The molecule has 0 spiro atoms. The molecule has 3 aromatic rings. The Balaban J connectivity index is 1.78. The second-order valence-electron chi connectivity index (χ2n) is 4.96. The first-order chi connectivity index (χ1) is 11.2. The van der Waals surface area contributed by atoms with Crippen molar-refractivity contribution >= 4 is 23.1 Å². The highest BCUT2D eigenvalue weighted by atomic mass is 16.5. The number of anilines is 4. The number of methoxy groups -OCH3 is 1. The maximum atomic E-state index is 5.21. The van der Waals surface area contributed by atoms with Crippen LogP contribution in [-0.2, 0) is 0 Å². The van der Waals surface area contributed by atoms with E-state index in [1.165, 1.54) is 0 Å². The molecule has 0 fully saturated rings. The molecule has 0 atom stereocenters. The topological polar surface area (TPSA) is 72.0 Å². The van der Waals surface area contributed by atoms with Gasteiger partial charge in [-0.05, 0) is 30.7 Å². The Kier molecular flexibility index (Phi) is 4.33. The molecule has 6 heteroatoms. The molecule has 1 heterocycles. The van der Waals surface area contributed by atoms with Gasteiger partial charge in [-0.1, -0.05) is 24.3 Å². The molecule has 0 saturated carbocycles. The van der Waals surface area contributed by atoms with Crippen molar-refractivity contribution in [2.45, 2.75) is 6.92 Å². The lowest BCUT2D eigenvalue weighted by atomic mass is 10.2. The van der Waals surface area contributed by atoms with Crippen LogP contribution in [0.3, 0.4) is 0 Å². The average Bonchev–Trinajstić information content (AvgIpc) is 2.57. The van der Waals surface area contributed by atoms with E-state index in [2.05, 4.69) is 25.8 Å². The van der Waals surface area contributed by atoms with Crippen LogP contribution in [0.25, 0.3) is 0 Å². The Morgan fingerprint density at radius 3 is 2.70 bits per heavy atom. The molecule has 0 unspecified atom stereocenters. The van der Waals surface area contributed by atoms with Gasteiger partial charge in [-0.15, -0.1) is 5.10 Å². The number of hydrogen-bond acceptors (Lipinski definition) is 6. The molecule has 0 saturated heterocycles. The zero-order chi connectivity index (χ0) is 16.1. The van der Waals surface area contributed by atoms with Crippen LogP contribution in [0, 0.1) is 6.92 Å². The van der Waals surface area contributed by atoms with Crippen LogP contribution < -0.4 is 15.4 Å². The summed E-state index contributed by atoms with van der Waals surface area (Å²) in [6, 6.07) is 15.5. The Labute approximate surface area is 134 Å². The number of nitrogens with one attached hydrogen (secondary N) is 2. The third kappa shape index (κ3) is 3.74. The molecular weight excluding hydrogens is 290 g/mol. The summed E-state index contributed by atoms with van der Waals surface area (Å²) >= 11 is 0. The monoisotopic (exact) mass is 307 g/mol. The molecule has 3 rings (SSSR count). The van der Waals surface area contributed by atoms with E-state index >= 15 is 0 Å². The fraction of sp³-hybridized carbons (Fsp3) is 0.118. The van der Waals surface area contributed by atoms with Crippen molar-refractivity contribution in [3.8, 4) is 5.75 Å². The molecule has 0 amide bonds. The Morgan fingerprint density at radius 1 is 1.00 bits per heavy atom. The molecule has 0 aliphatic carbocycles. The number of ether oxygens (including phenoxy) is 1. The zero-order valence-corrected chi connectivity index (χ0v) is 12.9. The van der Waals surface area contributed by atoms with E-state index in [4.69, 9.17) is 4.74 Å². The van der Waals surface area contributed by atoms with Gasteiger partial charge in [0.15, 0.2) is 5.82 Å². The highest BCUT2D eigenvalue weighted by Crippen LogP contribution is 2.21. The minimum Gasteiger partial charge on any atom is -0.497 e. The van der Waals surface area contributed by atoms with Gasteiger partial charge in [0, 0.05) is 17.4 Å². The van der Waals surface area contributed by atoms with Crippen molar-refractivity contribution in [1.29, 1.82) is 0 Å². The van der Waals surface area contributed by atoms with Crippen LogP contribution in [0.2, 0.25) is 0 Å². The Morgan fingerprint density at radius 2 is 1.87 bits per heavy atom. The number of rotatable bonds is 5. The van der Waals surface area contributed by atoms with Crippen molar-refractivity contribution in [1.82, 2.24) is 15.2 Å². The molecule has 0 aliphatic rings. The number of aryl methyl sites for hydroxylation is 1. The molecule has 0 bridgehead atoms. The summed E-state index contributed by atoms with van der Waals surface area (Å²) in [7, 11) is 1.63. The predicted molar refractivity (Wildman–Crippen MR) is 90.6 cm³/mol. The van der Waals surface area contributed by atoms with Gasteiger partial charge < -0.3 is 15.4 Å². The fourth-order valence-electron chi connectivity index (χ4n) is 2.10. The van der Waals surface area contributed by atoms with E-state index in [9.17, 15) is 0 Å². The van der Waals surface area contributed by atoms with Crippen LogP contribution in [0.15, 0.2) is 54.7 Å². The number of aromatic nitrogens is 3. The number of para-hydroxylation sites is 1. The minimum atomic E-state index is 0.437. The lowest BCUT2D eigenvalue weighted by Gasteiger charge is -2.09. The van der Waals surface area contributed by atoms with Gasteiger partial charge in [-0.2, -0.15) is 10.1 Å². The molecule has 23 heavy (non-hydrogen) atoms. The van der Waals surface area contributed by atoms with Gasteiger partial charge in [-0.25, -0.2) is 0 Å². The van der Waals surface area contributed by atoms with Crippen molar-refractivity contribution in [2.75, 3.05) is 17.7 Å². The van der Waals surface area contributed by atoms with Crippen molar-refractivity contribution < 1.29 is 4.74 Å². The smallest absolute Gasteiger partial charge is 0.249 e. The first-order valence-corrected chi connectivity index (χ1v) is 7.18. The summed E-state index contributed by atoms with van der Waals surface area (Å²) in [5.41, 5.74) is 2.93. The van der Waals surface area contributed by atoms with E-state index < -0.39 is 0 Å². The van der Waals surface area contributed by atoms with E-state index in [1.807, 2.05) is 55.5 Å². The van der Waals surface area contributed by atoms with Gasteiger partial charge in [0.25, 0.3) is 0 Å². The number of hydrogen-bond donors (Lipinski definition) is 2. The molecule has 116 valence electrons. The maximum Gasteiger partial charge on any atom is 0.249 e. The Hall–Kier alpha value is -3.15. The lowest BCUT2D eigenvalue weighted by Crippen LogP contribution is -2.03. The van der Waals surface area contributed by atoms with Crippen LogP contribution >= 0.6 is 0 Å².